The van der Waals surface area contributed by atoms with Gasteiger partial charge in [-0.1, -0.05) is 23.7 Å². The van der Waals surface area contributed by atoms with Gasteiger partial charge in [0.05, 0.1) is 4.34 Å². The van der Waals surface area contributed by atoms with Gasteiger partial charge in [-0.15, -0.1) is 22.9 Å². The molecule has 0 aliphatic heterocycles. The molecule has 0 nitrogen and oxygen atoms in total. The van der Waals surface area contributed by atoms with Crippen molar-refractivity contribution in [2.24, 2.45) is 5.92 Å². The molecule has 0 aliphatic carbocycles. The average molecular weight is 303 g/mol. The number of alkyl halides is 1. The fourth-order valence-corrected chi connectivity index (χ4v) is 3.30. The van der Waals surface area contributed by atoms with Crippen LogP contribution in [0.2, 0.25) is 4.34 Å². The lowest BCUT2D eigenvalue weighted by atomic mass is 9.97. The zero-order valence-corrected chi connectivity index (χ0v) is 12.0. The van der Waals surface area contributed by atoms with E-state index in [9.17, 15) is 4.39 Å². The van der Waals surface area contributed by atoms with Gasteiger partial charge in [0.1, 0.15) is 5.82 Å². The van der Waals surface area contributed by atoms with Crippen LogP contribution in [-0.4, -0.2) is 5.88 Å². The van der Waals surface area contributed by atoms with Crippen LogP contribution in [0.4, 0.5) is 4.39 Å². The van der Waals surface area contributed by atoms with Crippen LogP contribution in [-0.2, 0) is 12.8 Å². The Morgan fingerprint density at radius 2 is 1.78 bits per heavy atom. The highest BCUT2D eigenvalue weighted by Crippen LogP contribution is 2.25. The molecule has 0 aliphatic rings. The van der Waals surface area contributed by atoms with Crippen LogP contribution in [0.1, 0.15) is 10.4 Å². The first-order valence-corrected chi connectivity index (χ1v) is 7.45. The van der Waals surface area contributed by atoms with Crippen molar-refractivity contribution in [2.75, 3.05) is 5.88 Å². The van der Waals surface area contributed by atoms with Crippen molar-refractivity contribution in [1.29, 1.82) is 0 Å². The zero-order valence-electron chi connectivity index (χ0n) is 9.70. The third-order valence-electron chi connectivity index (χ3n) is 2.77. The van der Waals surface area contributed by atoms with Gasteiger partial charge in [0.15, 0.2) is 0 Å². The Balaban J connectivity index is 1.99. The Hall–Kier alpha value is -0.570. The first-order chi connectivity index (χ1) is 8.67. The first kappa shape index (κ1) is 13.9. The highest BCUT2D eigenvalue weighted by atomic mass is 35.5. The van der Waals surface area contributed by atoms with Gasteiger partial charge in [0, 0.05) is 10.8 Å². The van der Waals surface area contributed by atoms with Crippen molar-refractivity contribution < 1.29 is 4.39 Å². The molecule has 1 aromatic carbocycles. The molecule has 0 saturated heterocycles. The third kappa shape index (κ3) is 3.98. The Morgan fingerprint density at radius 3 is 2.33 bits per heavy atom. The summed E-state index contributed by atoms with van der Waals surface area (Å²) in [6.07, 6.45) is 1.78. The van der Waals surface area contributed by atoms with E-state index in [2.05, 4.69) is 0 Å². The van der Waals surface area contributed by atoms with Crippen molar-refractivity contribution in [3.05, 3.63) is 57.0 Å². The van der Waals surface area contributed by atoms with Crippen LogP contribution >= 0.6 is 34.5 Å². The van der Waals surface area contributed by atoms with Gasteiger partial charge >= 0.3 is 0 Å². The quantitative estimate of drug-likeness (QED) is 0.668. The van der Waals surface area contributed by atoms with Gasteiger partial charge < -0.3 is 0 Å². The Labute approximate surface area is 120 Å². The monoisotopic (exact) mass is 302 g/mol. The van der Waals surface area contributed by atoms with E-state index in [0.717, 1.165) is 22.7 Å². The molecule has 0 saturated carbocycles. The summed E-state index contributed by atoms with van der Waals surface area (Å²) in [4.78, 5) is 1.24. The molecule has 1 aromatic heterocycles. The van der Waals surface area contributed by atoms with E-state index >= 15 is 0 Å². The average Bonchev–Trinajstić information content (AvgIpc) is 2.77. The molecule has 2 aromatic rings. The minimum absolute atomic E-state index is 0.203. The van der Waals surface area contributed by atoms with E-state index in [0.29, 0.717) is 11.8 Å². The van der Waals surface area contributed by atoms with Gasteiger partial charge in [0.2, 0.25) is 0 Å². The summed E-state index contributed by atoms with van der Waals surface area (Å²) in [5, 5.41) is 0. The second kappa shape index (κ2) is 6.55. The van der Waals surface area contributed by atoms with E-state index in [4.69, 9.17) is 23.2 Å². The lowest BCUT2D eigenvalue weighted by Crippen LogP contribution is -2.09. The molecule has 96 valence electrons. The summed E-state index contributed by atoms with van der Waals surface area (Å²) in [7, 11) is 0. The molecule has 0 bridgehead atoms. The first-order valence-electron chi connectivity index (χ1n) is 5.72. The largest absolute Gasteiger partial charge is 0.207 e. The summed E-state index contributed by atoms with van der Waals surface area (Å²) in [5.74, 6) is 0.741. The smallest absolute Gasteiger partial charge is 0.123 e. The SMILES string of the molecule is Fc1ccc(CC(CCl)Cc2ccc(Cl)s2)cc1. The second-order valence-electron chi connectivity index (χ2n) is 4.26. The van der Waals surface area contributed by atoms with Crippen molar-refractivity contribution in [1.82, 2.24) is 0 Å². The maximum absolute atomic E-state index is 12.8. The predicted octanol–water partition coefficient (Wildman–Crippen LogP) is 5.18. The van der Waals surface area contributed by atoms with Crippen molar-refractivity contribution in [2.45, 2.75) is 12.8 Å². The molecule has 1 atom stereocenters. The molecular weight excluding hydrogens is 290 g/mol. The van der Waals surface area contributed by atoms with Gasteiger partial charge in [-0.25, -0.2) is 4.39 Å². The van der Waals surface area contributed by atoms with Gasteiger partial charge in [0.25, 0.3) is 0 Å². The Bertz CT molecular complexity index is 493. The van der Waals surface area contributed by atoms with E-state index in [-0.39, 0.29) is 5.82 Å². The number of rotatable bonds is 5. The summed E-state index contributed by atoms with van der Waals surface area (Å²) in [6.45, 7) is 0. The maximum Gasteiger partial charge on any atom is 0.123 e. The predicted molar refractivity (Wildman–Crippen MR) is 77.3 cm³/mol. The molecule has 4 heteroatoms. The molecule has 1 unspecified atom stereocenters. The topological polar surface area (TPSA) is 0 Å². The molecule has 0 fully saturated rings. The van der Waals surface area contributed by atoms with Gasteiger partial charge in [-0.3, -0.25) is 0 Å². The minimum Gasteiger partial charge on any atom is -0.207 e. The molecular formula is C14H13Cl2FS. The summed E-state index contributed by atoms with van der Waals surface area (Å²) < 4.78 is 13.6. The molecule has 1 heterocycles. The maximum atomic E-state index is 12.8. The van der Waals surface area contributed by atoms with Crippen LogP contribution in [0.25, 0.3) is 0 Å². The number of benzene rings is 1. The van der Waals surface area contributed by atoms with Crippen molar-refractivity contribution in [3.8, 4) is 0 Å². The van der Waals surface area contributed by atoms with Crippen LogP contribution in [0.15, 0.2) is 36.4 Å². The van der Waals surface area contributed by atoms with Crippen LogP contribution < -0.4 is 0 Å². The van der Waals surface area contributed by atoms with Crippen LogP contribution in [0.3, 0.4) is 0 Å². The van der Waals surface area contributed by atoms with E-state index in [1.165, 1.54) is 17.0 Å². The van der Waals surface area contributed by atoms with E-state index in [1.807, 2.05) is 24.3 Å². The standard InChI is InChI=1S/C14H13Cl2FS/c15-9-11(8-13-5-6-14(16)18-13)7-10-1-3-12(17)4-2-10/h1-6,11H,7-9H2. The number of thiophene rings is 1. The lowest BCUT2D eigenvalue weighted by Gasteiger charge is -2.12. The van der Waals surface area contributed by atoms with E-state index in [1.54, 1.807) is 11.3 Å². The van der Waals surface area contributed by atoms with Gasteiger partial charge in [-0.05, 0) is 48.6 Å². The molecule has 0 N–H and O–H groups in total. The van der Waals surface area contributed by atoms with Crippen LogP contribution in [0, 0.1) is 11.7 Å². The number of hydrogen-bond donors (Lipinski definition) is 0. The minimum atomic E-state index is -0.203. The molecule has 18 heavy (non-hydrogen) atoms. The summed E-state index contributed by atoms with van der Waals surface area (Å²) in [6, 6.07) is 10.6. The molecule has 0 radical (unpaired) electrons. The molecule has 2 rings (SSSR count). The highest BCUT2D eigenvalue weighted by Gasteiger charge is 2.11. The number of halogens is 3. The molecule has 0 amide bonds. The Kier molecular flexibility index (Phi) is 5.04. The van der Waals surface area contributed by atoms with Crippen LogP contribution in [0.5, 0.6) is 0 Å². The van der Waals surface area contributed by atoms with E-state index < -0.39 is 0 Å². The van der Waals surface area contributed by atoms with Crippen molar-refractivity contribution in [3.63, 3.8) is 0 Å². The summed E-state index contributed by atoms with van der Waals surface area (Å²) in [5.41, 5.74) is 1.12. The van der Waals surface area contributed by atoms with Crippen molar-refractivity contribution >= 4 is 34.5 Å². The fourth-order valence-electron chi connectivity index (χ4n) is 1.88. The number of hydrogen-bond acceptors (Lipinski definition) is 1. The fraction of sp³-hybridized carbons (Fsp3) is 0.286. The summed E-state index contributed by atoms with van der Waals surface area (Å²) >= 11 is 13.5. The highest BCUT2D eigenvalue weighted by molar-refractivity contribution is 7.16. The normalized spacial score (nSPS) is 12.6. The lowest BCUT2D eigenvalue weighted by molar-refractivity contribution is 0.585. The molecule has 0 spiro atoms. The zero-order chi connectivity index (χ0) is 13.0. The Morgan fingerprint density at radius 1 is 1.06 bits per heavy atom. The second-order valence-corrected chi connectivity index (χ2v) is 6.37. The van der Waals surface area contributed by atoms with Gasteiger partial charge in [-0.2, -0.15) is 0 Å². The third-order valence-corrected chi connectivity index (χ3v) is 4.46.